The third-order valence-electron chi connectivity index (χ3n) is 4.85. The van der Waals surface area contributed by atoms with Crippen LogP contribution in [0, 0.1) is 3.57 Å². The van der Waals surface area contributed by atoms with Crippen molar-refractivity contribution >= 4 is 33.5 Å². The first-order chi connectivity index (χ1) is 14.3. The molecule has 2 nitrogen and oxygen atoms in total. The van der Waals surface area contributed by atoms with Crippen molar-refractivity contribution in [2.75, 3.05) is 0 Å². The molecule has 0 spiro atoms. The maximum atomic E-state index is 6.14. The van der Waals surface area contributed by atoms with Crippen molar-refractivity contribution in [3.8, 4) is 17.2 Å². The fourth-order valence-corrected chi connectivity index (χ4v) is 6.20. The van der Waals surface area contributed by atoms with E-state index in [2.05, 4.69) is 108 Å². The summed E-state index contributed by atoms with van der Waals surface area (Å²) < 4.78 is 13.4. The monoisotopic (exact) mass is 510 g/mol. The summed E-state index contributed by atoms with van der Waals surface area (Å²) >= 11 is 2.31. The smallest absolute Gasteiger partial charge is 0.139 e. The second kappa shape index (κ2) is 8.13. The van der Waals surface area contributed by atoms with Gasteiger partial charge in [0.25, 0.3) is 0 Å². The number of thiol groups is 1. The van der Waals surface area contributed by atoms with Crippen molar-refractivity contribution in [3.63, 3.8) is 0 Å². The first-order valence-corrected chi connectivity index (χ1v) is 11.8. The summed E-state index contributed by atoms with van der Waals surface area (Å²) in [4.78, 5) is 3.81. The lowest BCUT2D eigenvalue weighted by Crippen LogP contribution is -2.01. The highest BCUT2D eigenvalue weighted by molar-refractivity contribution is 14.1. The van der Waals surface area contributed by atoms with Crippen LogP contribution >= 0.6 is 33.5 Å². The van der Waals surface area contributed by atoms with Crippen molar-refractivity contribution in [1.29, 1.82) is 0 Å². The first-order valence-electron chi connectivity index (χ1n) is 9.41. The van der Waals surface area contributed by atoms with Crippen LogP contribution in [0.15, 0.2) is 112 Å². The van der Waals surface area contributed by atoms with E-state index in [-0.39, 0.29) is 0 Å². The van der Waals surface area contributed by atoms with E-state index in [9.17, 15) is 0 Å². The second-order valence-corrected chi connectivity index (χ2v) is 10.2. The highest BCUT2D eigenvalue weighted by Crippen LogP contribution is 2.61. The molecule has 1 aliphatic rings. The molecule has 5 rings (SSSR count). The predicted molar refractivity (Wildman–Crippen MR) is 127 cm³/mol. The van der Waals surface area contributed by atoms with Gasteiger partial charge in [-0.2, -0.15) is 10.9 Å². The van der Waals surface area contributed by atoms with Crippen molar-refractivity contribution < 1.29 is 9.47 Å². The highest BCUT2D eigenvalue weighted by Gasteiger charge is 2.25. The van der Waals surface area contributed by atoms with Crippen molar-refractivity contribution in [1.82, 2.24) is 0 Å². The Balaban J connectivity index is 1.42. The molecule has 0 bridgehead atoms. The van der Waals surface area contributed by atoms with E-state index in [1.54, 1.807) is 0 Å². The molecule has 0 unspecified atom stereocenters. The van der Waals surface area contributed by atoms with Gasteiger partial charge in [-0.3, -0.25) is 0 Å². The number of hydrogen-bond donors (Lipinski definition) is 1. The minimum atomic E-state index is -0.649. The Morgan fingerprint density at radius 3 is 1.90 bits per heavy atom. The average Bonchev–Trinajstić information content (AvgIpc) is 2.77. The van der Waals surface area contributed by atoms with Crippen LogP contribution in [0.3, 0.4) is 0 Å². The van der Waals surface area contributed by atoms with Crippen molar-refractivity contribution in [3.05, 3.63) is 106 Å². The fourth-order valence-electron chi connectivity index (χ4n) is 3.42. The molecular weight excluding hydrogens is 491 g/mol. The van der Waals surface area contributed by atoms with Crippen molar-refractivity contribution in [2.45, 2.75) is 21.3 Å². The molecule has 4 heteroatoms. The summed E-state index contributed by atoms with van der Waals surface area (Å²) in [6.45, 7) is 0.574. The van der Waals surface area contributed by atoms with E-state index in [4.69, 9.17) is 9.47 Å². The lowest BCUT2D eigenvalue weighted by molar-refractivity contribution is 0.306. The minimum Gasteiger partial charge on any atom is -0.489 e. The maximum Gasteiger partial charge on any atom is 0.139 e. The van der Waals surface area contributed by atoms with Crippen LogP contribution in [0.25, 0.3) is 0 Å². The van der Waals surface area contributed by atoms with Gasteiger partial charge in [0.2, 0.25) is 0 Å². The van der Waals surface area contributed by atoms with Crippen molar-refractivity contribution in [2.24, 2.45) is 0 Å². The number of halogens is 1. The summed E-state index contributed by atoms with van der Waals surface area (Å²) in [5.41, 5.74) is 1.17. The van der Waals surface area contributed by atoms with Gasteiger partial charge >= 0.3 is 0 Å². The van der Waals surface area contributed by atoms with Gasteiger partial charge in [0, 0.05) is 13.4 Å². The number of hydrogen-bond acceptors (Lipinski definition) is 2. The molecule has 0 saturated carbocycles. The van der Waals surface area contributed by atoms with E-state index < -0.39 is 10.9 Å². The lowest BCUT2D eigenvalue weighted by atomic mass is 10.2. The minimum absolute atomic E-state index is 0.574. The van der Waals surface area contributed by atoms with E-state index >= 15 is 0 Å². The maximum absolute atomic E-state index is 6.14. The SMILES string of the molecule is Ic1ccc(COc2ccc([SH]3c4ccccc4Oc4ccccc43)cc2)cc1. The van der Waals surface area contributed by atoms with Crippen LogP contribution in [-0.2, 0) is 6.61 Å². The van der Waals surface area contributed by atoms with Gasteiger partial charge in [-0.1, -0.05) is 36.4 Å². The molecule has 0 N–H and O–H groups in total. The Hall–Kier alpha value is -2.44. The standard InChI is InChI=1S/C25H19IO2S/c26-19-11-9-18(10-12-19)17-27-20-13-15-21(16-14-20)29-24-7-3-1-5-22(24)28-23-6-2-4-8-25(23)29/h1-16,29H,17H2. The van der Waals surface area contributed by atoms with Gasteiger partial charge in [-0.05, 0) is 93.7 Å². The van der Waals surface area contributed by atoms with Gasteiger partial charge in [0.15, 0.2) is 0 Å². The Bertz CT molecular complexity index is 1090. The molecule has 4 aromatic carbocycles. The zero-order valence-electron chi connectivity index (χ0n) is 15.6. The van der Waals surface area contributed by atoms with E-state index in [0.29, 0.717) is 6.61 Å². The first kappa shape index (κ1) is 18.6. The van der Waals surface area contributed by atoms with Gasteiger partial charge in [-0.25, -0.2) is 0 Å². The molecule has 144 valence electrons. The molecule has 29 heavy (non-hydrogen) atoms. The van der Waals surface area contributed by atoms with Gasteiger partial charge in [0.1, 0.15) is 23.9 Å². The Labute approximate surface area is 187 Å². The summed E-state index contributed by atoms with van der Waals surface area (Å²) in [5.74, 6) is 2.80. The third-order valence-corrected chi connectivity index (χ3v) is 8.08. The molecule has 4 aromatic rings. The summed E-state index contributed by atoms with van der Waals surface area (Å²) in [6, 6.07) is 33.6. The fraction of sp³-hybridized carbons (Fsp3) is 0.0400. The van der Waals surface area contributed by atoms with E-state index in [1.807, 2.05) is 12.1 Å². The molecule has 0 aliphatic carbocycles. The number of para-hydroxylation sites is 2. The van der Waals surface area contributed by atoms with Crippen LogP contribution in [0.5, 0.6) is 17.2 Å². The Morgan fingerprint density at radius 1 is 0.690 bits per heavy atom. The van der Waals surface area contributed by atoms with Crippen LogP contribution in [0.1, 0.15) is 5.56 Å². The Kier molecular flexibility index (Phi) is 5.21. The van der Waals surface area contributed by atoms with Gasteiger partial charge in [0.05, 0.1) is 0 Å². The molecule has 0 aromatic heterocycles. The van der Waals surface area contributed by atoms with Gasteiger partial charge in [-0.15, -0.1) is 0 Å². The topological polar surface area (TPSA) is 18.5 Å². The molecule has 0 radical (unpaired) electrons. The van der Waals surface area contributed by atoms with E-state index in [1.165, 1.54) is 23.8 Å². The second-order valence-electron chi connectivity index (χ2n) is 6.78. The van der Waals surface area contributed by atoms with Crippen LogP contribution < -0.4 is 9.47 Å². The molecule has 1 heterocycles. The predicted octanol–water partition coefficient (Wildman–Crippen LogP) is 7.45. The van der Waals surface area contributed by atoms with E-state index in [0.717, 1.165) is 17.2 Å². The number of rotatable bonds is 4. The quantitative estimate of drug-likeness (QED) is 0.200. The largest absolute Gasteiger partial charge is 0.489 e. The summed E-state index contributed by atoms with van der Waals surface area (Å²) in [7, 11) is -0.649. The normalized spacial score (nSPS) is 13.2. The number of ether oxygens (including phenoxy) is 2. The van der Waals surface area contributed by atoms with Crippen LogP contribution in [0.4, 0.5) is 0 Å². The molecule has 1 aliphatic heterocycles. The average molecular weight is 510 g/mol. The molecule has 0 atom stereocenters. The van der Waals surface area contributed by atoms with Gasteiger partial charge < -0.3 is 9.47 Å². The zero-order valence-corrected chi connectivity index (χ0v) is 18.6. The number of benzene rings is 4. The Morgan fingerprint density at radius 2 is 1.28 bits per heavy atom. The molecular formula is C25H19IO2S. The summed E-state index contributed by atoms with van der Waals surface area (Å²) in [6.07, 6.45) is 0. The van der Waals surface area contributed by atoms with Crippen LogP contribution in [0.2, 0.25) is 0 Å². The zero-order chi connectivity index (χ0) is 19.6. The molecule has 0 saturated heterocycles. The lowest BCUT2D eigenvalue weighted by Gasteiger charge is -2.31. The summed E-state index contributed by atoms with van der Waals surface area (Å²) in [5, 5.41) is 0. The molecule has 0 amide bonds. The van der Waals surface area contributed by atoms with Crippen LogP contribution in [-0.4, -0.2) is 0 Å². The number of fused-ring (bicyclic) bond motifs is 2. The third kappa shape index (κ3) is 3.87. The highest BCUT2D eigenvalue weighted by atomic mass is 127. The molecule has 0 fully saturated rings.